The maximum absolute atomic E-state index is 10.6. The summed E-state index contributed by atoms with van der Waals surface area (Å²) in [5, 5.41) is 22.3. The molecule has 0 radical (unpaired) electrons. The van der Waals surface area contributed by atoms with Gasteiger partial charge < -0.3 is 16.2 Å². The third kappa shape index (κ3) is 2.80. The number of hydrogen-bond donors (Lipinski definition) is 3. The van der Waals surface area contributed by atoms with E-state index in [1.807, 2.05) is 0 Å². The van der Waals surface area contributed by atoms with Gasteiger partial charge in [0.25, 0.3) is 0 Å². The molecule has 88 valence electrons. The van der Waals surface area contributed by atoms with Crippen LogP contribution in [0.3, 0.4) is 0 Å². The molecule has 0 aromatic carbocycles. The lowest BCUT2D eigenvalue weighted by molar-refractivity contribution is -0.384. The fourth-order valence-electron chi connectivity index (χ4n) is 1.02. The van der Waals surface area contributed by atoms with Gasteiger partial charge in [0.2, 0.25) is 5.82 Å². The second-order valence-corrected chi connectivity index (χ2v) is 4.06. The van der Waals surface area contributed by atoms with Crippen molar-refractivity contribution in [1.29, 1.82) is 0 Å². The number of nitro groups is 1. The van der Waals surface area contributed by atoms with Crippen LogP contribution in [0, 0.1) is 10.1 Å². The Labute approximate surface area is 100.0 Å². The van der Waals surface area contributed by atoms with E-state index in [0.717, 1.165) is 0 Å². The van der Waals surface area contributed by atoms with Gasteiger partial charge in [-0.2, -0.15) is 0 Å². The summed E-state index contributed by atoms with van der Waals surface area (Å²) in [6.07, 6.45) is 0. The van der Waals surface area contributed by atoms with E-state index in [0.29, 0.717) is 10.3 Å². The fourth-order valence-corrected chi connectivity index (χ4v) is 1.44. The van der Waals surface area contributed by atoms with E-state index in [4.69, 9.17) is 10.8 Å². The van der Waals surface area contributed by atoms with Gasteiger partial charge in [-0.25, -0.2) is 4.98 Å². The first-order valence-electron chi connectivity index (χ1n) is 4.43. The highest BCUT2D eigenvalue weighted by atomic mass is 79.9. The molecule has 0 amide bonds. The zero-order chi connectivity index (χ0) is 12.3. The molecule has 7 nitrogen and oxygen atoms in total. The van der Waals surface area contributed by atoms with E-state index in [-0.39, 0.29) is 24.2 Å². The van der Waals surface area contributed by atoms with Crippen molar-refractivity contribution >= 4 is 33.3 Å². The number of aliphatic hydroxyl groups excluding tert-OH is 1. The molecule has 0 fully saturated rings. The standard InChI is InChI=1S/C8H11BrN4O3/c1-4(3-14)11-8-5(9)2-6(13(15)16)7(10)12-8/h2,4,14H,3H2,1H3,(H3,10,11,12)/t4-/m1/s1. The van der Waals surface area contributed by atoms with Gasteiger partial charge in [-0.3, -0.25) is 10.1 Å². The summed E-state index contributed by atoms with van der Waals surface area (Å²) in [4.78, 5) is 13.8. The SMILES string of the molecule is C[C@H](CO)Nc1nc(N)c([N+](=O)[O-])cc1Br. The van der Waals surface area contributed by atoms with Crippen molar-refractivity contribution in [2.24, 2.45) is 0 Å². The normalized spacial score (nSPS) is 12.2. The van der Waals surface area contributed by atoms with E-state index < -0.39 is 4.92 Å². The van der Waals surface area contributed by atoms with Gasteiger partial charge in [0.15, 0.2) is 0 Å². The van der Waals surface area contributed by atoms with Crippen molar-refractivity contribution in [3.8, 4) is 0 Å². The molecule has 0 aliphatic carbocycles. The van der Waals surface area contributed by atoms with Crippen molar-refractivity contribution in [2.45, 2.75) is 13.0 Å². The number of nitrogens with zero attached hydrogens (tertiary/aromatic N) is 2. The van der Waals surface area contributed by atoms with Gasteiger partial charge in [0.1, 0.15) is 5.82 Å². The summed E-state index contributed by atoms with van der Waals surface area (Å²) in [6.45, 7) is 1.66. The van der Waals surface area contributed by atoms with E-state index in [1.165, 1.54) is 6.07 Å². The lowest BCUT2D eigenvalue weighted by Gasteiger charge is -2.13. The molecule has 0 bridgehead atoms. The molecule has 1 heterocycles. The molecule has 8 heteroatoms. The van der Waals surface area contributed by atoms with E-state index >= 15 is 0 Å². The fraction of sp³-hybridized carbons (Fsp3) is 0.375. The minimum atomic E-state index is -0.605. The minimum absolute atomic E-state index is 0.0784. The molecule has 1 aromatic rings. The number of nitrogens with one attached hydrogen (secondary N) is 1. The van der Waals surface area contributed by atoms with Gasteiger partial charge in [-0.1, -0.05) is 0 Å². The van der Waals surface area contributed by atoms with E-state index in [2.05, 4.69) is 26.2 Å². The first kappa shape index (κ1) is 12.7. The van der Waals surface area contributed by atoms with Crippen molar-refractivity contribution in [3.05, 3.63) is 20.7 Å². The molecule has 0 aliphatic heterocycles. The molecule has 1 aromatic heterocycles. The van der Waals surface area contributed by atoms with Crippen molar-refractivity contribution in [2.75, 3.05) is 17.7 Å². The van der Waals surface area contributed by atoms with Crippen LogP contribution in [0.15, 0.2) is 10.5 Å². The molecular weight excluding hydrogens is 280 g/mol. The Hall–Kier alpha value is -1.41. The molecule has 0 aliphatic rings. The third-order valence-corrected chi connectivity index (χ3v) is 2.44. The molecule has 16 heavy (non-hydrogen) atoms. The lowest BCUT2D eigenvalue weighted by Crippen LogP contribution is -2.20. The average molecular weight is 291 g/mol. The van der Waals surface area contributed by atoms with Crippen LogP contribution in [-0.4, -0.2) is 27.7 Å². The quantitative estimate of drug-likeness (QED) is 0.566. The Morgan fingerprint density at radius 2 is 2.44 bits per heavy atom. The summed E-state index contributed by atoms with van der Waals surface area (Å²) in [5.74, 6) is 0.200. The monoisotopic (exact) mass is 290 g/mol. The smallest absolute Gasteiger partial charge is 0.312 e. The van der Waals surface area contributed by atoms with Gasteiger partial charge in [-0.05, 0) is 22.9 Å². The molecule has 1 atom stereocenters. The zero-order valence-electron chi connectivity index (χ0n) is 8.48. The van der Waals surface area contributed by atoms with Crippen LogP contribution in [-0.2, 0) is 0 Å². The number of halogens is 1. The Morgan fingerprint density at radius 1 is 1.81 bits per heavy atom. The summed E-state index contributed by atoms with van der Waals surface area (Å²) in [5.41, 5.74) is 5.18. The van der Waals surface area contributed by atoms with Crippen molar-refractivity contribution in [3.63, 3.8) is 0 Å². The highest BCUT2D eigenvalue weighted by molar-refractivity contribution is 9.10. The topological polar surface area (TPSA) is 114 Å². The number of nitrogens with two attached hydrogens (primary N) is 1. The summed E-state index contributed by atoms with van der Waals surface area (Å²) in [7, 11) is 0. The van der Waals surface area contributed by atoms with E-state index in [1.54, 1.807) is 6.92 Å². The number of pyridine rings is 1. The van der Waals surface area contributed by atoms with Gasteiger partial charge in [-0.15, -0.1) is 0 Å². The molecule has 0 saturated carbocycles. The Balaban J connectivity index is 3.05. The predicted molar refractivity (Wildman–Crippen MR) is 63.2 cm³/mol. The predicted octanol–water partition coefficient (Wildman–Crippen LogP) is 1.13. The molecular formula is C8H11BrN4O3. The van der Waals surface area contributed by atoms with E-state index in [9.17, 15) is 10.1 Å². The number of hydrogen-bond acceptors (Lipinski definition) is 6. The van der Waals surface area contributed by atoms with Crippen LogP contribution in [0.1, 0.15) is 6.92 Å². The number of nitrogen functional groups attached to an aromatic ring is 1. The molecule has 0 spiro atoms. The maximum Gasteiger partial charge on any atom is 0.312 e. The summed E-state index contributed by atoms with van der Waals surface area (Å²) in [6, 6.07) is 1.05. The van der Waals surface area contributed by atoms with Gasteiger partial charge in [0, 0.05) is 12.1 Å². The second kappa shape index (κ2) is 5.08. The minimum Gasteiger partial charge on any atom is -0.394 e. The van der Waals surface area contributed by atoms with Crippen molar-refractivity contribution in [1.82, 2.24) is 4.98 Å². The number of rotatable bonds is 4. The van der Waals surface area contributed by atoms with Crippen molar-refractivity contribution < 1.29 is 10.0 Å². The largest absolute Gasteiger partial charge is 0.394 e. The van der Waals surface area contributed by atoms with Crippen LogP contribution >= 0.6 is 15.9 Å². The highest BCUT2D eigenvalue weighted by Crippen LogP contribution is 2.29. The van der Waals surface area contributed by atoms with Crippen LogP contribution in [0.2, 0.25) is 0 Å². The first-order valence-corrected chi connectivity index (χ1v) is 5.22. The highest BCUT2D eigenvalue weighted by Gasteiger charge is 2.17. The van der Waals surface area contributed by atoms with Crippen LogP contribution in [0.25, 0.3) is 0 Å². The van der Waals surface area contributed by atoms with Gasteiger partial charge >= 0.3 is 5.69 Å². The lowest BCUT2D eigenvalue weighted by atomic mass is 10.3. The number of anilines is 2. The number of aliphatic hydroxyl groups is 1. The van der Waals surface area contributed by atoms with Crippen LogP contribution < -0.4 is 11.1 Å². The maximum atomic E-state index is 10.6. The van der Waals surface area contributed by atoms with Crippen LogP contribution in [0.4, 0.5) is 17.3 Å². The molecule has 0 saturated heterocycles. The first-order chi connectivity index (χ1) is 7.45. The molecule has 0 unspecified atom stereocenters. The summed E-state index contributed by atoms with van der Waals surface area (Å²) >= 11 is 3.14. The number of aromatic nitrogens is 1. The second-order valence-electron chi connectivity index (χ2n) is 3.21. The Morgan fingerprint density at radius 3 is 2.94 bits per heavy atom. The van der Waals surface area contributed by atoms with Gasteiger partial charge in [0.05, 0.1) is 16.0 Å². The Kier molecular flexibility index (Phi) is 4.02. The third-order valence-electron chi connectivity index (χ3n) is 1.84. The van der Waals surface area contributed by atoms with Crippen LogP contribution in [0.5, 0.6) is 0 Å². The zero-order valence-corrected chi connectivity index (χ0v) is 10.1. The summed E-state index contributed by atoms with van der Waals surface area (Å²) < 4.78 is 0.425. The molecule has 1 rings (SSSR count). The molecule has 4 N–H and O–H groups in total. The Bertz CT molecular complexity index is 413. The average Bonchev–Trinajstić information content (AvgIpc) is 2.22.